The van der Waals surface area contributed by atoms with Crippen LogP contribution in [0.2, 0.25) is 0 Å². The largest absolute Gasteiger partial charge is 1.00 e. The lowest BCUT2D eigenvalue weighted by molar-refractivity contribution is -0.421. The highest BCUT2D eigenvalue weighted by Gasteiger charge is 1.98. The minimum Gasteiger partial charge on any atom is -1.00 e. The zero-order valence-electron chi connectivity index (χ0n) is 5.71. The van der Waals surface area contributed by atoms with Gasteiger partial charge in [-0.1, -0.05) is 0 Å². The number of hydrogen-bond donors (Lipinski definition) is 0. The SMILES string of the molecule is CN1C=C[N+](C)=CC1.[I-]. The summed E-state index contributed by atoms with van der Waals surface area (Å²) in [7, 11) is 4.09. The Morgan fingerprint density at radius 1 is 1.56 bits per heavy atom. The highest BCUT2D eigenvalue weighted by Crippen LogP contribution is 1.86. The molecule has 0 fully saturated rings. The Hall–Kier alpha value is -0.0600. The lowest BCUT2D eigenvalue weighted by atomic mass is 10.5. The molecule has 0 amide bonds. The number of rotatable bonds is 0. The Kier molecular flexibility index (Phi) is 3.84. The quantitative estimate of drug-likeness (QED) is 0.324. The first-order chi connectivity index (χ1) is 3.79. The van der Waals surface area contributed by atoms with E-state index in [9.17, 15) is 0 Å². The third-order valence-corrected chi connectivity index (χ3v) is 1.21. The van der Waals surface area contributed by atoms with E-state index in [2.05, 4.69) is 28.9 Å². The summed E-state index contributed by atoms with van der Waals surface area (Å²) in [5.74, 6) is 0. The molecule has 0 radical (unpaired) electrons. The van der Waals surface area contributed by atoms with E-state index < -0.39 is 0 Å². The summed E-state index contributed by atoms with van der Waals surface area (Å²) in [6, 6.07) is 0. The molecule has 1 aliphatic heterocycles. The summed E-state index contributed by atoms with van der Waals surface area (Å²) in [4.78, 5) is 2.12. The third-order valence-electron chi connectivity index (χ3n) is 1.21. The molecule has 0 unspecified atom stereocenters. The summed E-state index contributed by atoms with van der Waals surface area (Å²) < 4.78 is 2.06. The summed E-state index contributed by atoms with van der Waals surface area (Å²) in [5, 5.41) is 0. The molecule has 0 saturated carbocycles. The van der Waals surface area contributed by atoms with E-state index >= 15 is 0 Å². The maximum absolute atomic E-state index is 2.12. The predicted molar refractivity (Wildman–Crippen MR) is 34.0 cm³/mol. The summed E-state index contributed by atoms with van der Waals surface area (Å²) in [6.45, 7) is 1.02. The zero-order valence-corrected chi connectivity index (χ0v) is 7.87. The summed E-state index contributed by atoms with van der Waals surface area (Å²) in [5.41, 5.74) is 0. The van der Waals surface area contributed by atoms with Gasteiger partial charge >= 0.3 is 0 Å². The van der Waals surface area contributed by atoms with Gasteiger partial charge in [-0.05, 0) is 0 Å². The molecular weight excluding hydrogens is 227 g/mol. The van der Waals surface area contributed by atoms with Gasteiger partial charge in [0.25, 0.3) is 0 Å². The van der Waals surface area contributed by atoms with Crippen LogP contribution in [-0.4, -0.2) is 36.3 Å². The van der Waals surface area contributed by atoms with E-state index in [0.717, 1.165) is 6.54 Å². The second kappa shape index (κ2) is 3.87. The van der Waals surface area contributed by atoms with Crippen LogP contribution in [0.4, 0.5) is 0 Å². The van der Waals surface area contributed by atoms with Crippen LogP contribution < -0.4 is 24.0 Å². The number of hydrogen-bond acceptors (Lipinski definition) is 1. The van der Waals surface area contributed by atoms with Crippen molar-refractivity contribution in [3.05, 3.63) is 12.4 Å². The van der Waals surface area contributed by atoms with Crippen LogP contribution in [0.5, 0.6) is 0 Å². The smallest absolute Gasteiger partial charge is 0.184 e. The van der Waals surface area contributed by atoms with Gasteiger partial charge in [-0.15, -0.1) is 0 Å². The highest BCUT2D eigenvalue weighted by molar-refractivity contribution is 5.54. The molecule has 0 atom stereocenters. The molecule has 9 heavy (non-hydrogen) atoms. The van der Waals surface area contributed by atoms with E-state index in [-0.39, 0.29) is 24.0 Å². The lowest BCUT2D eigenvalue weighted by Crippen LogP contribution is -3.00. The number of halogens is 1. The van der Waals surface area contributed by atoms with Crippen molar-refractivity contribution < 1.29 is 28.6 Å². The van der Waals surface area contributed by atoms with E-state index in [1.807, 2.05) is 13.2 Å². The van der Waals surface area contributed by atoms with Gasteiger partial charge < -0.3 is 28.9 Å². The first kappa shape index (κ1) is 8.94. The van der Waals surface area contributed by atoms with Crippen LogP contribution >= 0.6 is 0 Å². The molecule has 0 aromatic heterocycles. The molecule has 1 aliphatic rings. The van der Waals surface area contributed by atoms with Crippen LogP contribution in [0.25, 0.3) is 0 Å². The van der Waals surface area contributed by atoms with Crippen molar-refractivity contribution in [3.63, 3.8) is 0 Å². The second-order valence-electron chi connectivity index (χ2n) is 2.09. The molecule has 2 nitrogen and oxygen atoms in total. The number of nitrogens with zero attached hydrogens (tertiary/aromatic N) is 2. The Morgan fingerprint density at radius 2 is 2.22 bits per heavy atom. The van der Waals surface area contributed by atoms with Gasteiger partial charge in [0.05, 0.1) is 12.7 Å². The van der Waals surface area contributed by atoms with Crippen LogP contribution in [-0.2, 0) is 0 Å². The first-order valence-electron chi connectivity index (χ1n) is 2.73. The predicted octanol–water partition coefficient (Wildman–Crippen LogP) is -2.88. The van der Waals surface area contributed by atoms with Gasteiger partial charge in [-0.3, -0.25) is 0 Å². The van der Waals surface area contributed by atoms with Crippen molar-refractivity contribution in [1.29, 1.82) is 0 Å². The second-order valence-corrected chi connectivity index (χ2v) is 2.09. The molecule has 3 heteroatoms. The van der Waals surface area contributed by atoms with Gasteiger partial charge in [0, 0.05) is 7.05 Å². The van der Waals surface area contributed by atoms with Crippen molar-refractivity contribution in [2.24, 2.45) is 0 Å². The molecule has 0 aromatic carbocycles. The average Bonchev–Trinajstić information content (AvgIpc) is 1.77. The topological polar surface area (TPSA) is 6.25 Å². The molecule has 0 spiro atoms. The summed E-state index contributed by atoms with van der Waals surface area (Å²) in [6.07, 6.45) is 6.21. The Labute approximate surface area is 72.9 Å². The maximum Gasteiger partial charge on any atom is 0.184 e. The van der Waals surface area contributed by atoms with Crippen molar-refractivity contribution in [1.82, 2.24) is 4.90 Å². The normalized spacial score (nSPS) is 16.7. The minimum absolute atomic E-state index is 0. The fraction of sp³-hybridized carbons (Fsp3) is 0.500. The fourth-order valence-electron chi connectivity index (χ4n) is 0.598. The van der Waals surface area contributed by atoms with E-state index in [0.29, 0.717) is 0 Å². The van der Waals surface area contributed by atoms with E-state index in [4.69, 9.17) is 0 Å². The average molecular weight is 238 g/mol. The monoisotopic (exact) mass is 238 g/mol. The van der Waals surface area contributed by atoms with Gasteiger partial charge in [-0.2, -0.15) is 0 Å². The lowest BCUT2D eigenvalue weighted by Gasteiger charge is -2.10. The van der Waals surface area contributed by atoms with Crippen LogP contribution in [0, 0.1) is 0 Å². The van der Waals surface area contributed by atoms with Crippen LogP contribution in [0.3, 0.4) is 0 Å². The first-order valence-corrected chi connectivity index (χ1v) is 2.73. The zero-order chi connectivity index (χ0) is 5.98. The van der Waals surface area contributed by atoms with E-state index in [1.54, 1.807) is 0 Å². The van der Waals surface area contributed by atoms with Crippen molar-refractivity contribution >= 4 is 6.21 Å². The van der Waals surface area contributed by atoms with Gasteiger partial charge in [-0.25, -0.2) is 4.58 Å². The molecule has 1 rings (SSSR count). The Morgan fingerprint density at radius 3 is 2.56 bits per heavy atom. The maximum atomic E-state index is 2.12. The third kappa shape index (κ3) is 2.84. The molecule has 0 saturated heterocycles. The van der Waals surface area contributed by atoms with Gasteiger partial charge in [0.15, 0.2) is 12.4 Å². The molecule has 0 bridgehead atoms. The van der Waals surface area contributed by atoms with Crippen LogP contribution in [0.15, 0.2) is 12.4 Å². The standard InChI is InChI=1S/C6H11N2.HI/c1-7-3-5-8(2)6-4-7;/h3-5H,6H2,1-2H3;1H/q+1;/p-1. The molecule has 52 valence electrons. The molecule has 0 aliphatic carbocycles. The molecule has 1 heterocycles. The molecule has 0 aromatic rings. The molecule has 0 N–H and O–H groups in total. The van der Waals surface area contributed by atoms with Gasteiger partial charge in [0.1, 0.15) is 7.05 Å². The molecular formula is C6H11IN2. The Bertz CT molecular complexity index is 140. The van der Waals surface area contributed by atoms with Crippen molar-refractivity contribution in [2.75, 3.05) is 20.6 Å². The van der Waals surface area contributed by atoms with Crippen LogP contribution in [0.1, 0.15) is 0 Å². The Balaban J connectivity index is 0.000000640. The highest BCUT2D eigenvalue weighted by atomic mass is 127. The van der Waals surface area contributed by atoms with E-state index in [1.165, 1.54) is 0 Å². The van der Waals surface area contributed by atoms with Gasteiger partial charge in [0.2, 0.25) is 0 Å². The van der Waals surface area contributed by atoms with Crippen molar-refractivity contribution in [2.45, 2.75) is 0 Å². The minimum atomic E-state index is 0. The summed E-state index contributed by atoms with van der Waals surface area (Å²) >= 11 is 0. The fourth-order valence-corrected chi connectivity index (χ4v) is 0.598. The van der Waals surface area contributed by atoms with Crippen molar-refractivity contribution in [3.8, 4) is 0 Å².